The van der Waals surface area contributed by atoms with E-state index >= 15 is 0 Å². The fraction of sp³-hybridized carbons (Fsp3) is 0.421. The number of hydrogen-bond donors (Lipinski definition) is 2. The number of hydrogen-bond acceptors (Lipinski definition) is 7. The topological polar surface area (TPSA) is 96.3 Å². The summed E-state index contributed by atoms with van der Waals surface area (Å²) in [6, 6.07) is 8.20. The van der Waals surface area contributed by atoms with E-state index in [1.165, 1.54) is 19.3 Å². The van der Waals surface area contributed by atoms with Crippen molar-refractivity contribution in [2.75, 3.05) is 29.5 Å². The number of aromatic nitrogens is 3. The summed E-state index contributed by atoms with van der Waals surface area (Å²) in [6.07, 6.45) is 4.37. The lowest BCUT2D eigenvalue weighted by Gasteiger charge is -2.24. The molecule has 2 aromatic heterocycles. The van der Waals surface area contributed by atoms with Gasteiger partial charge in [0.1, 0.15) is 5.04 Å². The van der Waals surface area contributed by atoms with Gasteiger partial charge in [-0.25, -0.2) is 0 Å². The van der Waals surface area contributed by atoms with E-state index in [0.717, 1.165) is 52.1 Å². The maximum atomic E-state index is 6.05. The van der Waals surface area contributed by atoms with Gasteiger partial charge in [0, 0.05) is 24.2 Å². The van der Waals surface area contributed by atoms with Crippen molar-refractivity contribution in [2.24, 2.45) is 4.99 Å². The van der Waals surface area contributed by atoms with Crippen molar-refractivity contribution in [1.82, 2.24) is 15.1 Å². The zero-order chi connectivity index (χ0) is 18.2. The quantitative estimate of drug-likeness (QED) is 0.673. The summed E-state index contributed by atoms with van der Waals surface area (Å²) in [6.45, 7) is 2.04. The second-order valence-corrected chi connectivity index (χ2v) is 8.14. The molecule has 0 amide bonds. The zero-order valence-corrected chi connectivity index (χ0v) is 15.8. The number of aliphatic imine (C=N–C) groups is 1. The molecule has 7 nitrogen and oxygen atoms in total. The number of benzene rings is 1. The molecule has 8 heteroatoms. The van der Waals surface area contributed by atoms with E-state index in [0.29, 0.717) is 12.3 Å². The molecule has 27 heavy (non-hydrogen) atoms. The Hall–Kier alpha value is -2.48. The van der Waals surface area contributed by atoms with Crippen LogP contribution in [-0.2, 0) is 6.42 Å². The van der Waals surface area contributed by atoms with Gasteiger partial charge in [0.05, 0.1) is 29.4 Å². The molecule has 2 aliphatic heterocycles. The summed E-state index contributed by atoms with van der Waals surface area (Å²) >= 11 is 1.76. The summed E-state index contributed by atoms with van der Waals surface area (Å²) in [5, 5.41) is 6.29. The van der Waals surface area contributed by atoms with Gasteiger partial charge in [0.2, 0.25) is 5.89 Å². The fourth-order valence-electron chi connectivity index (χ4n) is 3.71. The summed E-state index contributed by atoms with van der Waals surface area (Å²) in [5.74, 6) is 2.32. The first-order valence-corrected chi connectivity index (χ1v) is 10.4. The van der Waals surface area contributed by atoms with E-state index in [9.17, 15) is 0 Å². The second-order valence-electron chi connectivity index (χ2n) is 7.13. The van der Waals surface area contributed by atoms with Crippen molar-refractivity contribution in [3.8, 4) is 0 Å². The van der Waals surface area contributed by atoms with Crippen molar-refractivity contribution >= 4 is 39.3 Å². The van der Waals surface area contributed by atoms with Gasteiger partial charge in [0.15, 0.2) is 0 Å². The lowest BCUT2D eigenvalue weighted by atomic mass is 10.1. The number of anilines is 2. The first-order chi connectivity index (χ1) is 13.3. The summed E-state index contributed by atoms with van der Waals surface area (Å²) in [4.78, 5) is 15.1. The first kappa shape index (κ1) is 16.7. The number of para-hydroxylation sites is 1. The first-order valence-electron chi connectivity index (χ1n) is 9.42. The highest BCUT2D eigenvalue weighted by atomic mass is 32.2. The normalized spacial score (nSPS) is 20.4. The highest BCUT2D eigenvalue weighted by molar-refractivity contribution is 8.14. The van der Waals surface area contributed by atoms with Crippen LogP contribution >= 0.6 is 11.8 Å². The van der Waals surface area contributed by atoms with E-state index in [1.54, 1.807) is 11.8 Å². The van der Waals surface area contributed by atoms with Crippen molar-refractivity contribution in [2.45, 2.75) is 31.7 Å². The smallest absolute Gasteiger partial charge is 0.266 e. The number of rotatable bonds is 4. The van der Waals surface area contributed by atoms with Gasteiger partial charge in [-0.15, -0.1) is 11.8 Å². The van der Waals surface area contributed by atoms with Crippen molar-refractivity contribution in [3.63, 3.8) is 0 Å². The van der Waals surface area contributed by atoms with Crippen LogP contribution in [0.5, 0.6) is 0 Å². The summed E-state index contributed by atoms with van der Waals surface area (Å²) < 4.78 is 5.48. The zero-order valence-electron chi connectivity index (χ0n) is 15.0. The molecule has 140 valence electrons. The third kappa shape index (κ3) is 3.29. The van der Waals surface area contributed by atoms with Crippen LogP contribution in [0.25, 0.3) is 10.9 Å². The van der Waals surface area contributed by atoms with E-state index in [2.05, 4.69) is 32.2 Å². The van der Waals surface area contributed by atoms with E-state index in [-0.39, 0.29) is 6.04 Å². The molecule has 5 rings (SSSR count). The third-order valence-corrected chi connectivity index (χ3v) is 6.29. The largest absolute Gasteiger partial charge is 0.397 e. The minimum absolute atomic E-state index is 0.156. The van der Waals surface area contributed by atoms with E-state index in [1.807, 2.05) is 12.1 Å². The molecule has 4 heterocycles. The molecule has 2 aliphatic rings. The second kappa shape index (κ2) is 6.92. The molecule has 0 spiro atoms. The maximum Gasteiger partial charge on any atom is 0.266 e. The van der Waals surface area contributed by atoms with Crippen molar-refractivity contribution in [1.29, 1.82) is 0 Å². The third-order valence-electron chi connectivity index (χ3n) is 5.14. The number of aromatic amines is 1. The summed E-state index contributed by atoms with van der Waals surface area (Å²) in [7, 11) is 0. The molecule has 0 saturated carbocycles. The van der Waals surface area contributed by atoms with Gasteiger partial charge in [-0.05, 0) is 36.6 Å². The van der Waals surface area contributed by atoms with Gasteiger partial charge in [-0.2, -0.15) is 4.98 Å². The molecule has 3 aromatic rings. The Balaban J connectivity index is 1.30. The van der Waals surface area contributed by atoms with Crippen LogP contribution in [0.15, 0.2) is 33.8 Å². The average molecular weight is 382 g/mol. The monoisotopic (exact) mass is 382 g/mol. The van der Waals surface area contributed by atoms with Gasteiger partial charge in [-0.1, -0.05) is 12.1 Å². The van der Waals surface area contributed by atoms with Crippen LogP contribution in [0.4, 0.5) is 11.6 Å². The Kier molecular flexibility index (Phi) is 4.27. The molecule has 1 fully saturated rings. The van der Waals surface area contributed by atoms with Crippen LogP contribution in [0.3, 0.4) is 0 Å². The Morgan fingerprint density at radius 2 is 2.15 bits per heavy atom. The van der Waals surface area contributed by atoms with E-state index in [4.69, 9.17) is 15.2 Å². The predicted molar refractivity (Wildman–Crippen MR) is 110 cm³/mol. The lowest BCUT2D eigenvalue weighted by Crippen LogP contribution is -2.30. The van der Waals surface area contributed by atoms with Gasteiger partial charge < -0.3 is 20.1 Å². The number of piperidine rings is 1. The fourth-order valence-corrected chi connectivity index (χ4v) is 4.75. The molecule has 1 saturated heterocycles. The molecular weight excluding hydrogens is 360 g/mol. The Morgan fingerprint density at radius 1 is 1.26 bits per heavy atom. The van der Waals surface area contributed by atoms with Crippen LogP contribution in [0.2, 0.25) is 0 Å². The number of nitrogen functional groups attached to an aromatic ring is 1. The Morgan fingerprint density at radius 3 is 3.00 bits per heavy atom. The van der Waals surface area contributed by atoms with Crippen LogP contribution in [0.1, 0.15) is 30.8 Å². The number of nitrogens with zero attached hydrogens (tertiary/aromatic N) is 4. The molecule has 0 aliphatic carbocycles. The number of nitrogens with one attached hydrogen (secondary N) is 1. The predicted octanol–water partition coefficient (Wildman–Crippen LogP) is 3.23. The minimum atomic E-state index is 0.156. The maximum absolute atomic E-state index is 6.05. The number of H-pyrrole nitrogens is 1. The summed E-state index contributed by atoms with van der Waals surface area (Å²) in [5.41, 5.74) is 8.81. The minimum Gasteiger partial charge on any atom is -0.397 e. The molecule has 1 atom stereocenters. The van der Waals surface area contributed by atoms with Gasteiger partial charge >= 0.3 is 0 Å². The average Bonchev–Trinajstić information content (AvgIpc) is 3.42. The number of fused-ring (bicyclic) bond motifs is 1. The molecular formula is C19H22N6OS. The SMILES string of the molecule is Nc1cccc2cc(C3=NC(Cc4nc(N5CCCCC5)no4)CS3)[nH]c12. The van der Waals surface area contributed by atoms with Crippen LogP contribution < -0.4 is 10.6 Å². The van der Waals surface area contributed by atoms with Crippen LogP contribution in [0, 0.1) is 0 Å². The highest BCUT2D eigenvalue weighted by Crippen LogP contribution is 2.29. The molecule has 1 aromatic carbocycles. The van der Waals surface area contributed by atoms with Crippen LogP contribution in [-0.4, -0.2) is 45.1 Å². The number of thioether (sulfide) groups is 1. The molecule has 3 N–H and O–H groups in total. The standard InChI is InChI=1S/C19H22N6OS/c20-14-6-4-5-12-9-15(22-17(12)14)18-21-13(11-27-18)10-16-23-19(24-26-16)25-7-2-1-3-8-25/h4-6,9,13,22H,1-3,7-8,10-11,20H2. The van der Waals surface area contributed by atoms with Crippen molar-refractivity contribution in [3.05, 3.63) is 35.9 Å². The number of nitrogens with two attached hydrogens (primary N) is 1. The molecule has 1 unspecified atom stereocenters. The lowest BCUT2D eigenvalue weighted by molar-refractivity contribution is 0.370. The van der Waals surface area contributed by atoms with Crippen molar-refractivity contribution < 1.29 is 4.52 Å². The van der Waals surface area contributed by atoms with Gasteiger partial charge in [0.25, 0.3) is 5.95 Å². The Bertz CT molecular complexity index is 987. The molecule has 0 radical (unpaired) electrons. The molecule has 0 bridgehead atoms. The Labute approximate surface area is 161 Å². The van der Waals surface area contributed by atoms with E-state index < -0.39 is 0 Å². The van der Waals surface area contributed by atoms with Gasteiger partial charge in [-0.3, -0.25) is 4.99 Å². The highest BCUT2D eigenvalue weighted by Gasteiger charge is 2.24.